The van der Waals surface area contributed by atoms with Crippen molar-refractivity contribution in [3.05, 3.63) is 64.3 Å². The van der Waals surface area contributed by atoms with Crippen LogP contribution in [-0.4, -0.2) is 24.3 Å². The van der Waals surface area contributed by atoms with Crippen LogP contribution in [0.25, 0.3) is 10.9 Å². The number of hydrogen-bond acceptors (Lipinski definition) is 2. The molecule has 0 spiro atoms. The smallest absolute Gasteiger partial charge is 0.119 e. The predicted molar refractivity (Wildman–Crippen MR) is 99.8 cm³/mol. The van der Waals surface area contributed by atoms with Gasteiger partial charge >= 0.3 is 0 Å². The van der Waals surface area contributed by atoms with E-state index in [1.807, 2.05) is 6.07 Å². The predicted octanol–water partition coefficient (Wildman–Crippen LogP) is 5.07. The lowest BCUT2D eigenvalue weighted by Gasteiger charge is -2.23. The Morgan fingerprint density at radius 2 is 2.00 bits per heavy atom. The van der Waals surface area contributed by atoms with Crippen molar-refractivity contribution >= 4 is 22.5 Å². The highest BCUT2D eigenvalue weighted by Gasteiger charge is 2.26. The Kier molecular flexibility index (Phi) is 3.72. The normalized spacial score (nSPS) is 22.0. The standard InChI is InChI=1S/C21H20ClNO2/c22-14-6-9-20-19(10-14)18-3-1-2-17(21(18)23-20)13-4-7-15(8-5-13)24-11-16-12-25-16/h4-10,16-17,23H,1-3,11-12H2. The molecule has 2 heterocycles. The monoisotopic (exact) mass is 353 g/mol. The number of aromatic amines is 1. The average Bonchev–Trinajstić information content (AvgIpc) is 3.40. The summed E-state index contributed by atoms with van der Waals surface area (Å²) in [6.07, 6.45) is 3.78. The van der Waals surface area contributed by atoms with Crippen LogP contribution in [0.2, 0.25) is 5.02 Å². The number of fused-ring (bicyclic) bond motifs is 3. The summed E-state index contributed by atoms with van der Waals surface area (Å²) in [4.78, 5) is 3.65. The molecule has 1 aliphatic carbocycles. The van der Waals surface area contributed by atoms with E-state index < -0.39 is 0 Å². The number of benzene rings is 2. The van der Waals surface area contributed by atoms with Crippen molar-refractivity contribution in [3.63, 3.8) is 0 Å². The number of epoxide rings is 1. The first kappa shape index (κ1) is 15.3. The number of aromatic nitrogens is 1. The van der Waals surface area contributed by atoms with Gasteiger partial charge in [-0.05, 0) is 60.7 Å². The second kappa shape index (κ2) is 6.08. The van der Waals surface area contributed by atoms with Crippen molar-refractivity contribution in [1.29, 1.82) is 0 Å². The third-order valence-corrected chi connectivity index (χ3v) is 5.53. The molecule has 1 saturated heterocycles. The van der Waals surface area contributed by atoms with E-state index in [9.17, 15) is 0 Å². The van der Waals surface area contributed by atoms with E-state index in [0.29, 0.717) is 18.6 Å². The Balaban J connectivity index is 1.46. The average molecular weight is 354 g/mol. The molecule has 2 aliphatic rings. The molecule has 5 rings (SSSR count). The van der Waals surface area contributed by atoms with Gasteiger partial charge in [-0.1, -0.05) is 23.7 Å². The van der Waals surface area contributed by atoms with Gasteiger partial charge in [0.05, 0.1) is 6.61 Å². The third-order valence-electron chi connectivity index (χ3n) is 5.29. The molecular weight excluding hydrogens is 334 g/mol. The molecular formula is C21H20ClNO2. The van der Waals surface area contributed by atoms with Gasteiger partial charge in [-0.15, -0.1) is 0 Å². The lowest BCUT2D eigenvalue weighted by Crippen LogP contribution is -2.10. The SMILES string of the molecule is Clc1ccc2[nH]c3c(c2c1)CCCC3c1ccc(OCC2CO2)cc1. The maximum absolute atomic E-state index is 6.21. The van der Waals surface area contributed by atoms with E-state index in [1.165, 1.54) is 40.6 Å². The number of halogens is 1. The van der Waals surface area contributed by atoms with Crippen molar-refractivity contribution in [2.75, 3.05) is 13.2 Å². The summed E-state index contributed by atoms with van der Waals surface area (Å²) in [7, 11) is 0. The Morgan fingerprint density at radius 3 is 2.80 bits per heavy atom. The molecule has 128 valence electrons. The summed E-state index contributed by atoms with van der Waals surface area (Å²) in [6.45, 7) is 1.48. The fourth-order valence-corrected chi connectivity index (χ4v) is 4.09. The lowest BCUT2D eigenvalue weighted by molar-refractivity contribution is 0.263. The second-order valence-corrected chi connectivity index (χ2v) is 7.42. The molecule has 1 fully saturated rings. The highest BCUT2D eigenvalue weighted by molar-refractivity contribution is 6.31. The van der Waals surface area contributed by atoms with Crippen molar-refractivity contribution < 1.29 is 9.47 Å². The second-order valence-electron chi connectivity index (χ2n) is 6.99. The fourth-order valence-electron chi connectivity index (χ4n) is 3.92. The Bertz CT molecular complexity index is 912. The minimum Gasteiger partial charge on any atom is -0.491 e. The van der Waals surface area contributed by atoms with Crippen LogP contribution in [0.5, 0.6) is 5.75 Å². The molecule has 3 nitrogen and oxygen atoms in total. The molecule has 2 atom stereocenters. The largest absolute Gasteiger partial charge is 0.491 e. The number of nitrogens with one attached hydrogen (secondary N) is 1. The summed E-state index contributed by atoms with van der Waals surface area (Å²) in [5.41, 5.74) is 5.31. The van der Waals surface area contributed by atoms with Crippen LogP contribution < -0.4 is 4.74 Å². The van der Waals surface area contributed by atoms with Crippen molar-refractivity contribution in [3.8, 4) is 5.75 Å². The minimum absolute atomic E-state index is 0.291. The van der Waals surface area contributed by atoms with E-state index in [2.05, 4.69) is 41.4 Å². The van der Waals surface area contributed by atoms with Crippen LogP contribution in [-0.2, 0) is 11.2 Å². The first-order valence-electron chi connectivity index (χ1n) is 8.92. The van der Waals surface area contributed by atoms with Gasteiger partial charge in [-0.2, -0.15) is 0 Å². The molecule has 0 amide bonds. The van der Waals surface area contributed by atoms with E-state index in [0.717, 1.165) is 23.8 Å². The zero-order chi connectivity index (χ0) is 16.8. The first-order valence-corrected chi connectivity index (χ1v) is 9.30. The molecule has 4 heteroatoms. The third kappa shape index (κ3) is 2.92. The lowest BCUT2D eigenvalue weighted by atomic mass is 9.82. The van der Waals surface area contributed by atoms with Gasteiger partial charge in [-0.3, -0.25) is 0 Å². The zero-order valence-corrected chi connectivity index (χ0v) is 14.7. The topological polar surface area (TPSA) is 37.5 Å². The fraction of sp³-hybridized carbons (Fsp3) is 0.333. The van der Waals surface area contributed by atoms with Gasteiger partial charge in [0.1, 0.15) is 18.5 Å². The Hall–Kier alpha value is -1.97. The number of rotatable bonds is 4. The van der Waals surface area contributed by atoms with Crippen molar-refractivity contribution in [2.24, 2.45) is 0 Å². The number of hydrogen-bond donors (Lipinski definition) is 1. The molecule has 25 heavy (non-hydrogen) atoms. The first-order chi connectivity index (χ1) is 12.3. The maximum atomic E-state index is 6.21. The Morgan fingerprint density at radius 1 is 1.16 bits per heavy atom. The minimum atomic E-state index is 0.291. The number of ether oxygens (including phenoxy) is 2. The van der Waals surface area contributed by atoms with Crippen molar-refractivity contribution in [2.45, 2.75) is 31.3 Å². The van der Waals surface area contributed by atoms with E-state index in [4.69, 9.17) is 21.1 Å². The summed E-state index contributed by atoms with van der Waals surface area (Å²) in [5, 5.41) is 2.08. The number of aryl methyl sites for hydroxylation is 1. The molecule has 1 aromatic heterocycles. The number of H-pyrrole nitrogens is 1. The molecule has 3 aromatic rings. The Labute approximate surface area is 151 Å². The summed E-state index contributed by atoms with van der Waals surface area (Å²) < 4.78 is 10.9. The van der Waals surface area contributed by atoms with Gasteiger partial charge in [0.15, 0.2) is 0 Å². The van der Waals surface area contributed by atoms with Crippen LogP contribution >= 0.6 is 11.6 Å². The highest BCUT2D eigenvalue weighted by Crippen LogP contribution is 2.40. The molecule has 2 aromatic carbocycles. The molecule has 2 unspecified atom stereocenters. The van der Waals surface area contributed by atoms with Crippen LogP contribution in [0.4, 0.5) is 0 Å². The summed E-state index contributed by atoms with van der Waals surface area (Å²) in [6, 6.07) is 14.7. The van der Waals surface area contributed by atoms with Crippen LogP contribution in [0.15, 0.2) is 42.5 Å². The maximum Gasteiger partial charge on any atom is 0.119 e. The van der Waals surface area contributed by atoms with E-state index in [-0.39, 0.29) is 0 Å². The molecule has 1 N–H and O–H groups in total. The quantitative estimate of drug-likeness (QED) is 0.665. The van der Waals surface area contributed by atoms with Crippen molar-refractivity contribution in [1.82, 2.24) is 4.98 Å². The zero-order valence-electron chi connectivity index (χ0n) is 13.9. The van der Waals surface area contributed by atoms with E-state index in [1.54, 1.807) is 0 Å². The molecule has 0 radical (unpaired) electrons. The van der Waals surface area contributed by atoms with Crippen LogP contribution in [0.3, 0.4) is 0 Å². The summed E-state index contributed by atoms with van der Waals surface area (Å²) in [5.74, 6) is 1.33. The van der Waals surface area contributed by atoms with Gasteiger partial charge in [0.2, 0.25) is 0 Å². The van der Waals surface area contributed by atoms with Gasteiger partial charge in [0, 0.05) is 27.5 Å². The van der Waals surface area contributed by atoms with Crippen LogP contribution in [0.1, 0.15) is 35.6 Å². The summed E-state index contributed by atoms with van der Waals surface area (Å²) >= 11 is 6.21. The highest BCUT2D eigenvalue weighted by atomic mass is 35.5. The van der Waals surface area contributed by atoms with Gasteiger partial charge < -0.3 is 14.5 Å². The van der Waals surface area contributed by atoms with E-state index >= 15 is 0 Å². The van der Waals surface area contributed by atoms with Gasteiger partial charge in [-0.25, -0.2) is 0 Å². The molecule has 1 aliphatic heterocycles. The van der Waals surface area contributed by atoms with Gasteiger partial charge in [0.25, 0.3) is 0 Å². The van der Waals surface area contributed by atoms with Crippen LogP contribution in [0, 0.1) is 0 Å². The molecule has 0 bridgehead atoms. The molecule has 0 saturated carbocycles.